The summed E-state index contributed by atoms with van der Waals surface area (Å²) in [7, 11) is 1.39. The van der Waals surface area contributed by atoms with Crippen molar-refractivity contribution in [2.45, 2.75) is 32.4 Å². The number of hydrogen-bond donors (Lipinski definition) is 2. The van der Waals surface area contributed by atoms with Gasteiger partial charge in [0.25, 0.3) is 0 Å². The lowest BCUT2D eigenvalue weighted by Gasteiger charge is -2.18. The molecule has 0 spiro atoms. The second kappa shape index (κ2) is 8.78. The van der Waals surface area contributed by atoms with Crippen molar-refractivity contribution in [3.05, 3.63) is 0 Å². The molecular weight excluding hydrogens is 275 g/mol. The van der Waals surface area contributed by atoms with E-state index in [-0.39, 0.29) is 18.9 Å². The maximum atomic E-state index is 11.9. The molecule has 0 aromatic heterocycles. The number of halogens is 3. The first kappa shape index (κ1) is 18.7. The van der Waals surface area contributed by atoms with Gasteiger partial charge in [-0.15, -0.1) is 0 Å². The Morgan fingerprint density at radius 3 is 2.40 bits per heavy atom. The number of carbonyl (C=O) groups is 2. The molecule has 1 atom stereocenters. The van der Waals surface area contributed by atoms with Gasteiger partial charge in [0.15, 0.2) is 0 Å². The van der Waals surface area contributed by atoms with Crippen LogP contribution in [0.2, 0.25) is 0 Å². The molecule has 0 fully saturated rings. The number of rotatable bonds is 8. The van der Waals surface area contributed by atoms with Gasteiger partial charge in [0.1, 0.15) is 6.54 Å². The van der Waals surface area contributed by atoms with Gasteiger partial charge in [-0.05, 0) is 25.3 Å². The summed E-state index contributed by atoms with van der Waals surface area (Å²) in [5.74, 6) is -0.791. The average Bonchev–Trinajstić information content (AvgIpc) is 2.33. The molecule has 0 rings (SSSR count). The smallest absolute Gasteiger partial charge is 0.345 e. The van der Waals surface area contributed by atoms with Gasteiger partial charge < -0.3 is 16.0 Å². The quantitative estimate of drug-likeness (QED) is 0.698. The molecule has 3 N–H and O–H groups in total. The molecule has 118 valence electrons. The van der Waals surface area contributed by atoms with E-state index in [0.29, 0.717) is 18.9 Å². The van der Waals surface area contributed by atoms with Crippen LogP contribution in [0, 0.1) is 5.92 Å². The van der Waals surface area contributed by atoms with Gasteiger partial charge in [-0.1, -0.05) is 6.92 Å². The molecule has 2 amide bonds. The first-order chi connectivity index (χ1) is 9.15. The highest BCUT2D eigenvalue weighted by Gasteiger charge is 2.28. The van der Waals surface area contributed by atoms with Crippen LogP contribution in [0.25, 0.3) is 0 Å². The fraction of sp³-hybridized carbons (Fsp3) is 0.833. The molecule has 1 unspecified atom stereocenters. The van der Waals surface area contributed by atoms with Crippen LogP contribution in [-0.2, 0) is 9.59 Å². The van der Waals surface area contributed by atoms with Crippen LogP contribution in [0.4, 0.5) is 13.2 Å². The third-order valence-electron chi connectivity index (χ3n) is 2.80. The maximum Gasteiger partial charge on any atom is 0.405 e. The SMILES string of the molecule is CC(CCN)CCC(=O)N(C)CC(=O)NCC(F)(F)F. The first-order valence-electron chi connectivity index (χ1n) is 6.43. The zero-order valence-electron chi connectivity index (χ0n) is 11.8. The molecule has 0 aliphatic rings. The topological polar surface area (TPSA) is 75.4 Å². The summed E-state index contributed by atoms with van der Waals surface area (Å²) in [6.45, 7) is 0.753. The zero-order chi connectivity index (χ0) is 15.8. The number of hydrogen-bond acceptors (Lipinski definition) is 3. The number of alkyl halides is 3. The standard InChI is InChI=1S/C12H22F3N3O2/c1-9(5-6-16)3-4-11(20)18(2)7-10(19)17-8-12(13,14)15/h9H,3-8,16H2,1-2H3,(H,17,19). The van der Waals surface area contributed by atoms with Crippen LogP contribution in [0.3, 0.4) is 0 Å². The third-order valence-corrected chi connectivity index (χ3v) is 2.80. The molecule has 8 heteroatoms. The molecule has 0 aliphatic carbocycles. The molecular formula is C12H22F3N3O2. The van der Waals surface area contributed by atoms with Crippen LogP contribution >= 0.6 is 0 Å². The number of nitrogens with two attached hydrogens (primary N) is 1. The minimum absolute atomic E-state index is 0.254. The highest BCUT2D eigenvalue weighted by molar-refractivity contribution is 5.84. The van der Waals surface area contributed by atoms with Crippen molar-refractivity contribution in [1.29, 1.82) is 0 Å². The van der Waals surface area contributed by atoms with Crippen molar-refractivity contribution in [2.24, 2.45) is 11.7 Å². The molecule has 0 heterocycles. The van der Waals surface area contributed by atoms with E-state index >= 15 is 0 Å². The van der Waals surface area contributed by atoms with E-state index in [9.17, 15) is 22.8 Å². The Morgan fingerprint density at radius 1 is 1.30 bits per heavy atom. The lowest BCUT2D eigenvalue weighted by atomic mass is 10.0. The van der Waals surface area contributed by atoms with Crippen molar-refractivity contribution < 1.29 is 22.8 Å². The number of carbonyl (C=O) groups excluding carboxylic acids is 2. The molecule has 0 aromatic carbocycles. The van der Waals surface area contributed by atoms with Gasteiger partial charge in [-0.25, -0.2) is 0 Å². The Balaban J connectivity index is 3.98. The number of likely N-dealkylation sites (N-methyl/N-ethyl adjacent to an activating group) is 1. The third kappa shape index (κ3) is 9.60. The molecule has 0 aromatic rings. The van der Waals surface area contributed by atoms with Crippen LogP contribution in [0.15, 0.2) is 0 Å². The van der Waals surface area contributed by atoms with Gasteiger partial charge in [0.2, 0.25) is 11.8 Å². The van der Waals surface area contributed by atoms with Crippen molar-refractivity contribution in [1.82, 2.24) is 10.2 Å². The van der Waals surface area contributed by atoms with E-state index in [1.54, 1.807) is 5.32 Å². The van der Waals surface area contributed by atoms with Gasteiger partial charge in [0.05, 0.1) is 6.54 Å². The van der Waals surface area contributed by atoms with E-state index in [2.05, 4.69) is 0 Å². The summed E-state index contributed by atoms with van der Waals surface area (Å²) in [5, 5.41) is 1.72. The summed E-state index contributed by atoms with van der Waals surface area (Å²) in [4.78, 5) is 24.0. The Morgan fingerprint density at radius 2 is 1.90 bits per heavy atom. The van der Waals surface area contributed by atoms with Crippen LogP contribution in [-0.4, -0.2) is 49.6 Å². The van der Waals surface area contributed by atoms with E-state index in [4.69, 9.17) is 5.73 Å². The highest BCUT2D eigenvalue weighted by Crippen LogP contribution is 2.12. The van der Waals surface area contributed by atoms with Gasteiger partial charge >= 0.3 is 6.18 Å². The summed E-state index contributed by atoms with van der Waals surface area (Å²) in [5.41, 5.74) is 5.39. The minimum Gasteiger partial charge on any atom is -0.345 e. The second-order valence-electron chi connectivity index (χ2n) is 4.86. The molecule has 0 saturated carbocycles. The molecule has 0 radical (unpaired) electrons. The summed E-state index contributed by atoms with van der Waals surface area (Å²) in [6.07, 6.45) is -2.74. The Bertz CT molecular complexity index is 322. The molecule has 20 heavy (non-hydrogen) atoms. The van der Waals surface area contributed by atoms with E-state index in [1.165, 1.54) is 7.05 Å². The Kier molecular flexibility index (Phi) is 8.21. The zero-order valence-corrected chi connectivity index (χ0v) is 11.8. The number of nitrogens with one attached hydrogen (secondary N) is 1. The van der Waals surface area contributed by atoms with E-state index in [0.717, 1.165) is 11.3 Å². The van der Waals surface area contributed by atoms with Crippen molar-refractivity contribution in [3.8, 4) is 0 Å². The lowest BCUT2D eigenvalue weighted by molar-refractivity contribution is -0.141. The van der Waals surface area contributed by atoms with Gasteiger partial charge in [-0.2, -0.15) is 13.2 Å². The molecule has 0 saturated heterocycles. The molecule has 5 nitrogen and oxygen atoms in total. The van der Waals surface area contributed by atoms with Gasteiger partial charge in [0, 0.05) is 13.5 Å². The summed E-state index contributed by atoms with van der Waals surface area (Å²) in [6, 6.07) is 0. The van der Waals surface area contributed by atoms with Gasteiger partial charge in [-0.3, -0.25) is 9.59 Å². The predicted molar refractivity (Wildman–Crippen MR) is 68.8 cm³/mol. The summed E-state index contributed by atoms with van der Waals surface area (Å²) >= 11 is 0. The van der Waals surface area contributed by atoms with Crippen LogP contribution < -0.4 is 11.1 Å². The second-order valence-corrected chi connectivity index (χ2v) is 4.86. The maximum absolute atomic E-state index is 11.9. The van der Waals surface area contributed by atoms with Crippen molar-refractivity contribution in [3.63, 3.8) is 0 Å². The molecule has 0 bridgehead atoms. The van der Waals surface area contributed by atoms with Crippen molar-refractivity contribution >= 4 is 11.8 Å². The average molecular weight is 297 g/mol. The monoisotopic (exact) mass is 297 g/mol. The normalized spacial score (nSPS) is 12.9. The fourth-order valence-electron chi connectivity index (χ4n) is 1.55. The first-order valence-corrected chi connectivity index (χ1v) is 6.43. The lowest BCUT2D eigenvalue weighted by Crippen LogP contribution is -2.41. The predicted octanol–water partition coefficient (Wildman–Crippen LogP) is 0.888. The van der Waals surface area contributed by atoms with E-state index < -0.39 is 18.6 Å². The number of nitrogens with zero attached hydrogens (tertiary/aromatic N) is 1. The highest BCUT2D eigenvalue weighted by atomic mass is 19.4. The fourth-order valence-corrected chi connectivity index (χ4v) is 1.55. The largest absolute Gasteiger partial charge is 0.405 e. The minimum atomic E-state index is -4.45. The summed E-state index contributed by atoms with van der Waals surface area (Å²) < 4.78 is 35.7. The van der Waals surface area contributed by atoms with E-state index in [1.807, 2.05) is 6.92 Å². The number of amides is 2. The Hall–Kier alpha value is -1.31. The Labute approximate surface area is 116 Å². The van der Waals surface area contributed by atoms with Crippen molar-refractivity contribution in [2.75, 3.05) is 26.7 Å². The van der Waals surface area contributed by atoms with Crippen LogP contribution in [0.5, 0.6) is 0 Å². The molecule has 0 aliphatic heterocycles. The van der Waals surface area contributed by atoms with Crippen LogP contribution in [0.1, 0.15) is 26.2 Å².